The van der Waals surface area contributed by atoms with Gasteiger partial charge in [-0.25, -0.2) is 0 Å². The maximum Gasteiger partial charge on any atom is 0.307 e. The summed E-state index contributed by atoms with van der Waals surface area (Å²) in [6.45, 7) is 2.52. The first-order valence-electron chi connectivity index (χ1n) is 6.27. The van der Waals surface area contributed by atoms with Gasteiger partial charge in [0.25, 0.3) is 5.91 Å². The predicted molar refractivity (Wildman–Crippen MR) is 72.8 cm³/mol. The molecular weight excluding hydrogens is 262 g/mol. The van der Waals surface area contributed by atoms with E-state index in [-0.39, 0.29) is 12.3 Å². The van der Waals surface area contributed by atoms with Crippen molar-refractivity contribution in [1.82, 2.24) is 5.32 Å². The van der Waals surface area contributed by atoms with Gasteiger partial charge in [-0.2, -0.15) is 0 Å². The Morgan fingerprint density at radius 1 is 1.30 bits per heavy atom. The van der Waals surface area contributed by atoms with E-state index in [1.54, 1.807) is 38.3 Å². The standard InChI is InChI=1S/C14H19NO5/c1-10(14(18)15-7-8-19-2)20-12-5-3-11(4-6-12)9-13(16)17/h3-6,10H,7-9H2,1-2H3,(H,15,18)(H,16,17). The fourth-order valence-corrected chi connectivity index (χ4v) is 1.54. The molecule has 20 heavy (non-hydrogen) atoms. The first-order valence-corrected chi connectivity index (χ1v) is 6.27. The van der Waals surface area contributed by atoms with E-state index in [2.05, 4.69) is 5.32 Å². The van der Waals surface area contributed by atoms with Crippen LogP contribution in [-0.4, -0.2) is 43.3 Å². The lowest BCUT2D eigenvalue weighted by Gasteiger charge is -2.14. The summed E-state index contributed by atoms with van der Waals surface area (Å²) in [6.07, 6.45) is -0.662. The second kappa shape index (κ2) is 8.16. The maximum absolute atomic E-state index is 11.7. The van der Waals surface area contributed by atoms with E-state index >= 15 is 0 Å². The van der Waals surface area contributed by atoms with Crippen molar-refractivity contribution in [3.05, 3.63) is 29.8 Å². The first kappa shape index (κ1) is 16.0. The Labute approximate surface area is 117 Å². The lowest BCUT2D eigenvalue weighted by Crippen LogP contribution is -2.37. The zero-order valence-electron chi connectivity index (χ0n) is 11.6. The van der Waals surface area contributed by atoms with Gasteiger partial charge in [0.05, 0.1) is 13.0 Å². The van der Waals surface area contributed by atoms with Crippen LogP contribution >= 0.6 is 0 Å². The number of methoxy groups -OCH3 is 1. The molecule has 1 unspecified atom stereocenters. The highest BCUT2D eigenvalue weighted by Crippen LogP contribution is 2.14. The molecule has 2 N–H and O–H groups in total. The molecule has 0 saturated heterocycles. The molecule has 0 aliphatic rings. The monoisotopic (exact) mass is 281 g/mol. The van der Waals surface area contributed by atoms with Gasteiger partial charge in [-0.05, 0) is 24.6 Å². The molecule has 0 spiro atoms. The third-order valence-electron chi connectivity index (χ3n) is 2.57. The molecule has 0 saturated carbocycles. The molecule has 1 atom stereocenters. The second-order valence-electron chi connectivity index (χ2n) is 4.26. The lowest BCUT2D eigenvalue weighted by atomic mass is 10.1. The van der Waals surface area contributed by atoms with Gasteiger partial charge in [-0.1, -0.05) is 12.1 Å². The van der Waals surface area contributed by atoms with Gasteiger partial charge in [0.1, 0.15) is 5.75 Å². The van der Waals surface area contributed by atoms with Crippen LogP contribution in [0, 0.1) is 0 Å². The molecule has 1 amide bonds. The van der Waals surface area contributed by atoms with Crippen LogP contribution in [0.4, 0.5) is 0 Å². The van der Waals surface area contributed by atoms with E-state index in [1.807, 2.05) is 0 Å². The molecule has 1 aromatic rings. The topological polar surface area (TPSA) is 84.9 Å². The first-order chi connectivity index (χ1) is 9.52. The Bertz CT molecular complexity index is 443. The zero-order chi connectivity index (χ0) is 15.0. The van der Waals surface area contributed by atoms with Gasteiger partial charge >= 0.3 is 5.97 Å². The molecule has 0 aliphatic heterocycles. The minimum Gasteiger partial charge on any atom is -0.481 e. The Morgan fingerprint density at radius 2 is 1.95 bits per heavy atom. The van der Waals surface area contributed by atoms with Crippen LogP contribution in [0.15, 0.2) is 24.3 Å². The smallest absolute Gasteiger partial charge is 0.307 e. The summed E-state index contributed by atoms with van der Waals surface area (Å²) >= 11 is 0. The summed E-state index contributed by atoms with van der Waals surface area (Å²) in [5.74, 6) is -0.588. The predicted octanol–water partition coefficient (Wildman–Crippen LogP) is 0.844. The highest BCUT2D eigenvalue weighted by Gasteiger charge is 2.13. The second-order valence-corrected chi connectivity index (χ2v) is 4.26. The minimum absolute atomic E-state index is 0.0344. The SMILES string of the molecule is COCCNC(=O)C(C)Oc1ccc(CC(=O)O)cc1. The number of hydrogen-bond acceptors (Lipinski definition) is 4. The normalized spacial score (nSPS) is 11.7. The summed E-state index contributed by atoms with van der Waals surface area (Å²) in [5.41, 5.74) is 0.682. The van der Waals surface area contributed by atoms with Crippen molar-refractivity contribution in [2.24, 2.45) is 0 Å². The maximum atomic E-state index is 11.7. The number of amides is 1. The third kappa shape index (κ3) is 5.71. The van der Waals surface area contributed by atoms with Crippen molar-refractivity contribution < 1.29 is 24.2 Å². The van der Waals surface area contributed by atoms with Gasteiger partial charge in [-0.15, -0.1) is 0 Å². The summed E-state index contributed by atoms with van der Waals surface area (Å²) in [7, 11) is 1.56. The molecule has 1 aromatic carbocycles. The van der Waals surface area contributed by atoms with Crippen molar-refractivity contribution in [3.63, 3.8) is 0 Å². The number of nitrogens with one attached hydrogen (secondary N) is 1. The van der Waals surface area contributed by atoms with Gasteiger partial charge in [0, 0.05) is 13.7 Å². The molecule has 1 rings (SSSR count). The van der Waals surface area contributed by atoms with Crippen molar-refractivity contribution in [2.45, 2.75) is 19.4 Å². The number of benzene rings is 1. The van der Waals surface area contributed by atoms with Crippen LogP contribution in [0.5, 0.6) is 5.75 Å². The van der Waals surface area contributed by atoms with Gasteiger partial charge < -0.3 is 19.9 Å². The Balaban J connectivity index is 2.47. The van der Waals surface area contributed by atoms with E-state index < -0.39 is 12.1 Å². The largest absolute Gasteiger partial charge is 0.481 e. The number of hydrogen-bond donors (Lipinski definition) is 2. The molecule has 0 aromatic heterocycles. The van der Waals surface area contributed by atoms with Gasteiger partial charge in [0.2, 0.25) is 0 Å². The Kier molecular flexibility index (Phi) is 6.52. The molecule has 0 fully saturated rings. The van der Waals surface area contributed by atoms with E-state index in [0.29, 0.717) is 24.5 Å². The average Bonchev–Trinajstić information content (AvgIpc) is 2.40. The molecular formula is C14H19NO5. The number of carbonyl (C=O) groups excluding carboxylic acids is 1. The van der Waals surface area contributed by atoms with E-state index in [4.69, 9.17) is 14.6 Å². The summed E-state index contributed by atoms with van der Waals surface area (Å²) in [4.78, 5) is 22.2. The minimum atomic E-state index is -0.885. The van der Waals surface area contributed by atoms with Crippen LogP contribution in [0.25, 0.3) is 0 Å². The van der Waals surface area contributed by atoms with Crippen LogP contribution in [-0.2, 0) is 20.7 Å². The van der Waals surface area contributed by atoms with Crippen LogP contribution < -0.4 is 10.1 Å². The number of carboxylic acids is 1. The van der Waals surface area contributed by atoms with Crippen LogP contribution in [0.2, 0.25) is 0 Å². The molecule has 0 radical (unpaired) electrons. The summed E-state index contributed by atoms with van der Waals surface area (Å²) in [6, 6.07) is 6.63. The molecule has 6 nitrogen and oxygen atoms in total. The zero-order valence-corrected chi connectivity index (χ0v) is 11.6. The molecule has 0 bridgehead atoms. The number of rotatable bonds is 8. The van der Waals surface area contributed by atoms with Crippen molar-refractivity contribution in [1.29, 1.82) is 0 Å². The van der Waals surface area contributed by atoms with E-state index in [0.717, 1.165) is 0 Å². The lowest BCUT2D eigenvalue weighted by molar-refractivity contribution is -0.136. The molecule has 0 aliphatic carbocycles. The summed E-state index contributed by atoms with van der Waals surface area (Å²) in [5, 5.41) is 11.3. The molecule has 0 heterocycles. The quantitative estimate of drug-likeness (QED) is 0.690. The third-order valence-corrected chi connectivity index (χ3v) is 2.57. The number of aliphatic carboxylic acids is 1. The van der Waals surface area contributed by atoms with Crippen molar-refractivity contribution >= 4 is 11.9 Å². The van der Waals surface area contributed by atoms with Crippen LogP contribution in [0.1, 0.15) is 12.5 Å². The summed E-state index contributed by atoms with van der Waals surface area (Å²) < 4.78 is 10.3. The molecule has 6 heteroatoms. The molecule has 110 valence electrons. The highest BCUT2D eigenvalue weighted by atomic mass is 16.5. The van der Waals surface area contributed by atoms with Gasteiger partial charge in [-0.3, -0.25) is 9.59 Å². The number of carboxylic acid groups (broad SMARTS) is 1. The fourth-order valence-electron chi connectivity index (χ4n) is 1.54. The van der Waals surface area contributed by atoms with Gasteiger partial charge in [0.15, 0.2) is 6.10 Å². The number of ether oxygens (including phenoxy) is 2. The van der Waals surface area contributed by atoms with E-state index in [9.17, 15) is 9.59 Å². The fraction of sp³-hybridized carbons (Fsp3) is 0.429. The van der Waals surface area contributed by atoms with Crippen LogP contribution in [0.3, 0.4) is 0 Å². The Morgan fingerprint density at radius 3 is 2.50 bits per heavy atom. The average molecular weight is 281 g/mol. The van der Waals surface area contributed by atoms with E-state index in [1.165, 1.54) is 0 Å². The van der Waals surface area contributed by atoms with Crippen molar-refractivity contribution in [3.8, 4) is 5.75 Å². The van der Waals surface area contributed by atoms with Crippen molar-refractivity contribution in [2.75, 3.05) is 20.3 Å². The number of carbonyl (C=O) groups is 2. The highest BCUT2D eigenvalue weighted by molar-refractivity contribution is 5.80. The Hall–Kier alpha value is -2.08.